The summed E-state index contributed by atoms with van der Waals surface area (Å²) in [6.45, 7) is 1.68. The van der Waals surface area contributed by atoms with Gasteiger partial charge in [-0.05, 0) is 49.2 Å². The minimum Gasteiger partial charge on any atom is -0.364 e. The predicted octanol–water partition coefficient (Wildman–Crippen LogP) is 4.13. The van der Waals surface area contributed by atoms with E-state index >= 15 is 0 Å². The van der Waals surface area contributed by atoms with Crippen LogP contribution in [0.3, 0.4) is 0 Å². The van der Waals surface area contributed by atoms with E-state index in [2.05, 4.69) is 10.4 Å². The van der Waals surface area contributed by atoms with Crippen molar-refractivity contribution in [3.05, 3.63) is 70.8 Å². The number of hydrogen-bond donors (Lipinski definition) is 2. The average Bonchev–Trinajstić information content (AvgIpc) is 3.10. The largest absolute Gasteiger partial charge is 0.364 e. The number of nitrogens with one attached hydrogen (secondary N) is 1. The lowest BCUT2D eigenvalue weighted by Gasteiger charge is -2.55. The topological polar surface area (TPSA) is 93.2 Å². The number of aromatic nitrogens is 2. The second-order valence-corrected chi connectivity index (χ2v) is 8.89. The second kappa shape index (κ2) is 7.63. The van der Waals surface area contributed by atoms with Crippen molar-refractivity contribution >= 4 is 34.8 Å². The summed E-state index contributed by atoms with van der Waals surface area (Å²) in [5, 5.41) is 7.32. The number of nitrogens with zero attached hydrogens (tertiary/aromatic N) is 3. The Hall–Kier alpha value is -3.39. The van der Waals surface area contributed by atoms with Crippen LogP contribution in [-0.2, 0) is 0 Å². The lowest BCUT2D eigenvalue weighted by molar-refractivity contribution is -0.0426. The van der Waals surface area contributed by atoms with Crippen LogP contribution in [0.25, 0.3) is 5.69 Å². The third-order valence-corrected chi connectivity index (χ3v) is 6.58. The lowest BCUT2D eigenvalue weighted by Crippen LogP contribution is -2.61. The number of halogens is 2. The maximum atomic E-state index is 14.3. The van der Waals surface area contributed by atoms with Gasteiger partial charge in [0.1, 0.15) is 11.5 Å². The van der Waals surface area contributed by atoms with E-state index in [1.54, 1.807) is 24.3 Å². The van der Waals surface area contributed by atoms with Crippen LogP contribution in [0, 0.1) is 11.2 Å². The van der Waals surface area contributed by atoms with Gasteiger partial charge in [0.05, 0.1) is 16.9 Å². The molecule has 2 heterocycles. The van der Waals surface area contributed by atoms with E-state index in [4.69, 9.17) is 17.3 Å². The molecule has 9 heteroatoms. The van der Waals surface area contributed by atoms with Gasteiger partial charge in [0.15, 0.2) is 5.69 Å². The Balaban J connectivity index is 1.35. The summed E-state index contributed by atoms with van der Waals surface area (Å²) < 4.78 is 15.5. The van der Waals surface area contributed by atoms with Gasteiger partial charge in [0.25, 0.3) is 11.8 Å². The number of amides is 2. The van der Waals surface area contributed by atoms with Crippen LogP contribution in [0.2, 0.25) is 5.02 Å². The van der Waals surface area contributed by atoms with Crippen molar-refractivity contribution < 1.29 is 14.0 Å². The van der Waals surface area contributed by atoms with E-state index in [0.717, 1.165) is 13.1 Å². The van der Waals surface area contributed by atoms with Crippen LogP contribution in [0.4, 0.5) is 15.8 Å². The molecule has 2 fully saturated rings. The molecular formula is C23H21ClFN5O2. The second-order valence-electron chi connectivity index (χ2n) is 8.49. The van der Waals surface area contributed by atoms with Gasteiger partial charge in [-0.3, -0.25) is 9.59 Å². The Morgan fingerprint density at radius 1 is 1.12 bits per heavy atom. The van der Waals surface area contributed by atoms with Gasteiger partial charge in [-0.1, -0.05) is 24.1 Å². The molecule has 2 aliphatic rings. The predicted molar refractivity (Wildman–Crippen MR) is 119 cm³/mol. The number of carbonyl (C=O) groups excluding carboxylic acids is 2. The molecule has 0 atom stereocenters. The van der Waals surface area contributed by atoms with Crippen LogP contribution in [0.1, 0.15) is 40.1 Å². The molecule has 7 nitrogen and oxygen atoms in total. The Morgan fingerprint density at radius 2 is 1.84 bits per heavy atom. The Kier molecular flexibility index (Phi) is 4.89. The molecule has 1 saturated heterocycles. The summed E-state index contributed by atoms with van der Waals surface area (Å²) in [6, 6.07) is 11.2. The summed E-state index contributed by atoms with van der Waals surface area (Å²) in [7, 11) is 0. The van der Waals surface area contributed by atoms with Crippen LogP contribution in [-0.4, -0.2) is 39.6 Å². The molecule has 3 N–H and O–H groups in total. The van der Waals surface area contributed by atoms with Gasteiger partial charge in [-0.25, -0.2) is 9.07 Å². The number of carbonyl (C=O) groups is 2. The first-order valence-corrected chi connectivity index (χ1v) is 10.7. The van der Waals surface area contributed by atoms with Gasteiger partial charge < -0.3 is 16.0 Å². The first kappa shape index (κ1) is 20.5. The molecule has 2 aromatic carbocycles. The zero-order chi connectivity index (χ0) is 22.5. The number of hydrogen-bond acceptors (Lipinski definition) is 4. The number of primary amides is 1. The molecule has 32 heavy (non-hydrogen) atoms. The Morgan fingerprint density at radius 3 is 2.44 bits per heavy atom. The number of anilines is 2. The fourth-order valence-corrected chi connectivity index (χ4v) is 4.65. The van der Waals surface area contributed by atoms with Crippen molar-refractivity contribution in [2.75, 3.05) is 18.4 Å². The van der Waals surface area contributed by atoms with Crippen molar-refractivity contribution in [1.29, 1.82) is 0 Å². The maximum absolute atomic E-state index is 14.3. The molecule has 0 radical (unpaired) electrons. The molecule has 1 aromatic heterocycles. The number of para-hydroxylation sites is 1. The van der Waals surface area contributed by atoms with Gasteiger partial charge in [0, 0.05) is 29.8 Å². The highest BCUT2D eigenvalue weighted by molar-refractivity contribution is 6.32. The van der Waals surface area contributed by atoms with E-state index in [1.807, 2.05) is 4.90 Å². The van der Waals surface area contributed by atoms with Crippen molar-refractivity contribution in [2.45, 2.75) is 19.3 Å². The van der Waals surface area contributed by atoms with E-state index in [9.17, 15) is 14.0 Å². The smallest absolute Gasteiger partial charge is 0.271 e. The first-order valence-electron chi connectivity index (χ1n) is 10.4. The van der Waals surface area contributed by atoms with Gasteiger partial charge >= 0.3 is 0 Å². The highest BCUT2D eigenvalue weighted by atomic mass is 35.5. The molecule has 1 spiro atoms. The van der Waals surface area contributed by atoms with Crippen molar-refractivity contribution in [3.8, 4) is 5.69 Å². The van der Waals surface area contributed by atoms with Crippen molar-refractivity contribution in [1.82, 2.24) is 14.7 Å². The standard InChI is InChI=1S/C23H21ClFN5O2/c24-16-3-1-4-17(25)20(16)30-11-18(19(28-30)21(26)31)27-15-7-5-14(6-8-15)22(32)29-12-23(13-29)9-2-10-23/h1,3-8,11,27H,2,9-10,12-13H2,(H2,26,31). The molecule has 3 aromatic rings. The average molecular weight is 454 g/mol. The molecule has 5 rings (SSSR count). The van der Waals surface area contributed by atoms with Gasteiger partial charge in [-0.2, -0.15) is 5.10 Å². The maximum Gasteiger partial charge on any atom is 0.271 e. The van der Waals surface area contributed by atoms with Gasteiger partial charge in [-0.15, -0.1) is 0 Å². The van der Waals surface area contributed by atoms with E-state index in [-0.39, 0.29) is 22.3 Å². The molecule has 0 unspecified atom stereocenters. The zero-order valence-corrected chi connectivity index (χ0v) is 17.9. The minimum atomic E-state index is -0.770. The summed E-state index contributed by atoms with van der Waals surface area (Å²) >= 11 is 6.11. The van der Waals surface area contributed by atoms with Crippen LogP contribution >= 0.6 is 11.6 Å². The summed E-state index contributed by atoms with van der Waals surface area (Å²) in [6.07, 6.45) is 5.14. The molecular weight excluding hydrogens is 433 g/mol. The molecule has 0 bridgehead atoms. The Bertz CT molecular complexity index is 1190. The fourth-order valence-electron chi connectivity index (χ4n) is 4.40. The fraction of sp³-hybridized carbons (Fsp3) is 0.261. The van der Waals surface area contributed by atoms with Crippen LogP contribution < -0.4 is 11.1 Å². The number of likely N-dealkylation sites (tertiary alicyclic amines) is 1. The Labute approximate surface area is 189 Å². The van der Waals surface area contributed by atoms with E-state index < -0.39 is 11.7 Å². The van der Waals surface area contributed by atoms with Gasteiger partial charge in [0.2, 0.25) is 0 Å². The summed E-state index contributed by atoms with van der Waals surface area (Å²) in [4.78, 5) is 26.5. The number of rotatable bonds is 5. The van der Waals surface area contributed by atoms with E-state index in [1.165, 1.54) is 48.3 Å². The molecule has 1 saturated carbocycles. The van der Waals surface area contributed by atoms with Crippen molar-refractivity contribution in [3.63, 3.8) is 0 Å². The summed E-state index contributed by atoms with van der Waals surface area (Å²) in [5.74, 6) is -1.33. The minimum absolute atomic E-state index is 0.0180. The molecule has 1 aliphatic carbocycles. The monoisotopic (exact) mass is 453 g/mol. The molecule has 164 valence electrons. The lowest BCUT2D eigenvalue weighted by atomic mass is 9.63. The molecule has 2 amide bonds. The first-order chi connectivity index (χ1) is 15.3. The normalized spacial score (nSPS) is 16.4. The highest BCUT2D eigenvalue weighted by Gasteiger charge is 2.48. The number of nitrogens with two attached hydrogens (primary N) is 1. The summed E-state index contributed by atoms with van der Waals surface area (Å²) in [5.41, 5.74) is 7.33. The SMILES string of the molecule is NC(=O)c1nn(-c2c(F)cccc2Cl)cc1Nc1ccc(C(=O)N2CC3(CCC3)C2)cc1. The molecule has 1 aliphatic heterocycles. The van der Waals surface area contributed by atoms with Crippen molar-refractivity contribution in [2.24, 2.45) is 11.1 Å². The third-order valence-electron chi connectivity index (χ3n) is 6.28. The highest BCUT2D eigenvalue weighted by Crippen LogP contribution is 2.48. The van der Waals surface area contributed by atoms with E-state index in [0.29, 0.717) is 22.4 Å². The number of benzene rings is 2. The third kappa shape index (κ3) is 3.50. The zero-order valence-electron chi connectivity index (χ0n) is 17.1. The van der Waals surface area contributed by atoms with Crippen LogP contribution in [0.15, 0.2) is 48.7 Å². The van der Waals surface area contributed by atoms with Crippen LogP contribution in [0.5, 0.6) is 0 Å². The quantitative estimate of drug-likeness (QED) is 0.607.